The van der Waals surface area contributed by atoms with Crippen molar-refractivity contribution in [2.45, 2.75) is 32.0 Å². The molecule has 0 spiro atoms. The van der Waals surface area contributed by atoms with E-state index in [4.69, 9.17) is 14.6 Å². The van der Waals surface area contributed by atoms with Crippen molar-refractivity contribution in [3.8, 4) is 11.5 Å². The number of carboxylic acids is 1. The molecule has 3 N–H and O–H groups in total. The van der Waals surface area contributed by atoms with E-state index in [0.29, 0.717) is 29.8 Å². The SMILES string of the molecule is Cc1ccc(NC(=O)O[C@H](c2ccc(O)cc2)[C@@H](CC/C=C/C(=O)O)Oc2ccccc2)cc1. The fourth-order valence-electron chi connectivity index (χ4n) is 3.31. The van der Waals surface area contributed by atoms with E-state index in [-0.39, 0.29) is 5.75 Å². The fraction of sp³-hybridized carbons (Fsp3) is 0.185. The van der Waals surface area contributed by atoms with Gasteiger partial charge in [-0.05, 0) is 61.7 Å². The van der Waals surface area contributed by atoms with Crippen molar-refractivity contribution in [2.75, 3.05) is 5.32 Å². The molecule has 2 atom stereocenters. The zero-order valence-corrected chi connectivity index (χ0v) is 18.8. The maximum Gasteiger partial charge on any atom is 0.412 e. The van der Waals surface area contributed by atoms with Gasteiger partial charge in [0, 0.05) is 11.8 Å². The van der Waals surface area contributed by atoms with Crippen molar-refractivity contribution < 1.29 is 29.3 Å². The summed E-state index contributed by atoms with van der Waals surface area (Å²) in [5.41, 5.74) is 2.27. The van der Waals surface area contributed by atoms with Crippen LogP contribution < -0.4 is 10.1 Å². The number of phenols is 1. The summed E-state index contributed by atoms with van der Waals surface area (Å²) in [5, 5.41) is 21.3. The molecule has 3 aromatic rings. The number of nitrogens with one attached hydrogen (secondary N) is 1. The van der Waals surface area contributed by atoms with E-state index in [0.717, 1.165) is 11.6 Å². The lowest BCUT2D eigenvalue weighted by Crippen LogP contribution is -2.31. The number of para-hydroxylation sites is 1. The summed E-state index contributed by atoms with van der Waals surface area (Å²) < 4.78 is 12.0. The fourth-order valence-corrected chi connectivity index (χ4v) is 3.31. The van der Waals surface area contributed by atoms with Crippen molar-refractivity contribution in [1.82, 2.24) is 0 Å². The average molecular weight is 462 g/mol. The highest BCUT2D eigenvalue weighted by Gasteiger charge is 2.29. The zero-order chi connectivity index (χ0) is 24.3. The van der Waals surface area contributed by atoms with Crippen LogP contribution in [0.2, 0.25) is 0 Å². The molecule has 0 aliphatic heterocycles. The van der Waals surface area contributed by atoms with Gasteiger partial charge in [-0.1, -0.05) is 54.1 Å². The topological polar surface area (TPSA) is 105 Å². The summed E-state index contributed by atoms with van der Waals surface area (Å²) in [6.07, 6.45) is 1.25. The number of allylic oxidation sites excluding steroid dienone is 1. The van der Waals surface area contributed by atoms with Crippen LogP contribution in [-0.4, -0.2) is 28.4 Å². The van der Waals surface area contributed by atoms with Crippen molar-refractivity contribution >= 4 is 17.7 Å². The third kappa shape index (κ3) is 7.70. The van der Waals surface area contributed by atoms with Gasteiger partial charge in [0.15, 0.2) is 6.10 Å². The molecule has 3 rings (SSSR count). The Morgan fingerprint density at radius 1 is 0.971 bits per heavy atom. The summed E-state index contributed by atoms with van der Waals surface area (Å²) in [6.45, 7) is 1.95. The Morgan fingerprint density at radius 2 is 1.65 bits per heavy atom. The van der Waals surface area contributed by atoms with Gasteiger partial charge in [0.2, 0.25) is 0 Å². The molecule has 0 aromatic heterocycles. The third-order valence-electron chi connectivity index (χ3n) is 5.00. The number of aryl methyl sites for hydroxylation is 1. The number of benzene rings is 3. The number of carboxylic acid groups (broad SMARTS) is 1. The second kappa shape index (κ2) is 12.1. The Hall–Kier alpha value is -4.26. The third-order valence-corrected chi connectivity index (χ3v) is 5.00. The van der Waals surface area contributed by atoms with Gasteiger partial charge in [0.1, 0.15) is 17.6 Å². The number of phenolic OH excluding ortho intramolecular Hbond substituents is 1. The molecule has 176 valence electrons. The summed E-state index contributed by atoms with van der Waals surface area (Å²) >= 11 is 0. The van der Waals surface area contributed by atoms with E-state index in [9.17, 15) is 14.7 Å². The van der Waals surface area contributed by atoms with Crippen molar-refractivity contribution in [3.63, 3.8) is 0 Å². The number of carbonyl (C=O) groups excluding carboxylic acids is 1. The molecule has 0 radical (unpaired) electrons. The quantitative estimate of drug-likeness (QED) is 0.327. The Kier molecular flexibility index (Phi) is 8.68. The Balaban J connectivity index is 1.86. The number of rotatable bonds is 10. The van der Waals surface area contributed by atoms with Crippen LogP contribution in [0.1, 0.15) is 30.1 Å². The number of hydrogen-bond acceptors (Lipinski definition) is 5. The molecular weight excluding hydrogens is 434 g/mol. The minimum atomic E-state index is -1.04. The minimum absolute atomic E-state index is 0.0801. The highest BCUT2D eigenvalue weighted by molar-refractivity contribution is 5.84. The van der Waals surface area contributed by atoms with Gasteiger partial charge in [-0.25, -0.2) is 9.59 Å². The summed E-state index contributed by atoms with van der Waals surface area (Å²) in [4.78, 5) is 23.6. The van der Waals surface area contributed by atoms with E-state index in [1.807, 2.05) is 37.3 Å². The van der Waals surface area contributed by atoms with Gasteiger partial charge in [0.25, 0.3) is 0 Å². The first-order valence-corrected chi connectivity index (χ1v) is 10.8. The highest BCUT2D eigenvalue weighted by atomic mass is 16.6. The zero-order valence-electron chi connectivity index (χ0n) is 18.8. The lowest BCUT2D eigenvalue weighted by atomic mass is 10.00. The minimum Gasteiger partial charge on any atom is -0.508 e. The number of hydrogen-bond donors (Lipinski definition) is 3. The van der Waals surface area contributed by atoms with Gasteiger partial charge >= 0.3 is 12.1 Å². The smallest absolute Gasteiger partial charge is 0.412 e. The number of aromatic hydroxyl groups is 1. The van der Waals surface area contributed by atoms with Gasteiger partial charge in [-0.15, -0.1) is 0 Å². The maximum absolute atomic E-state index is 12.8. The lowest BCUT2D eigenvalue weighted by Gasteiger charge is -2.28. The van der Waals surface area contributed by atoms with Gasteiger partial charge in [-0.3, -0.25) is 5.32 Å². The molecule has 3 aromatic carbocycles. The van der Waals surface area contributed by atoms with Gasteiger partial charge in [0.05, 0.1) is 0 Å². The molecule has 0 fully saturated rings. The van der Waals surface area contributed by atoms with E-state index < -0.39 is 24.3 Å². The Morgan fingerprint density at radius 3 is 2.29 bits per heavy atom. The highest BCUT2D eigenvalue weighted by Crippen LogP contribution is 2.30. The number of aliphatic carboxylic acids is 1. The van der Waals surface area contributed by atoms with Crippen LogP contribution in [0.3, 0.4) is 0 Å². The molecule has 0 saturated carbocycles. The van der Waals surface area contributed by atoms with Crippen LogP contribution >= 0.6 is 0 Å². The number of anilines is 1. The maximum atomic E-state index is 12.8. The molecule has 0 aliphatic rings. The van der Waals surface area contributed by atoms with Gasteiger partial charge < -0.3 is 19.7 Å². The van der Waals surface area contributed by atoms with Crippen LogP contribution in [0.5, 0.6) is 11.5 Å². The second-order valence-electron chi connectivity index (χ2n) is 7.70. The van der Waals surface area contributed by atoms with Crippen molar-refractivity contribution in [2.24, 2.45) is 0 Å². The Bertz CT molecular complexity index is 1090. The van der Waals surface area contributed by atoms with E-state index in [1.165, 1.54) is 18.2 Å². The standard InChI is InChI=1S/C27H27NO6/c1-19-11-15-21(16-12-19)28-27(32)34-26(20-13-17-22(29)18-14-20)24(9-5-6-10-25(30)31)33-23-7-3-2-4-8-23/h2-4,6-8,10-18,24,26,29H,5,9H2,1H3,(H,28,32)(H,30,31)/b10-6+/t24-,26-/m1/s1. The predicted octanol–water partition coefficient (Wildman–Crippen LogP) is 5.86. The average Bonchev–Trinajstić information content (AvgIpc) is 2.82. The summed E-state index contributed by atoms with van der Waals surface area (Å²) in [7, 11) is 0. The normalized spacial score (nSPS) is 12.6. The molecular formula is C27H27NO6. The van der Waals surface area contributed by atoms with Crippen LogP contribution in [0.25, 0.3) is 0 Å². The first kappa shape index (κ1) is 24.4. The van der Waals surface area contributed by atoms with E-state index in [2.05, 4.69) is 5.32 Å². The number of ether oxygens (including phenoxy) is 2. The first-order chi connectivity index (χ1) is 16.4. The van der Waals surface area contributed by atoms with Crippen LogP contribution in [0, 0.1) is 6.92 Å². The molecule has 0 aliphatic carbocycles. The predicted molar refractivity (Wildman–Crippen MR) is 129 cm³/mol. The van der Waals surface area contributed by atoms with E-state index >= 15 is 0 Å². The summed E-state index contributed by atoms with van der Waals surface area (Å²) in [6, 6.07) is 22.8. The number of carbonyl (C=O) groups is 2. The van der Waals surface area contributed by atoms with Crippen LogP contribution in [0.4, 0.5) is 10.5 Å². The molecule has 34 heavy (non-hydrogen) atoms. The van der Waals surface area contributed by atoms with Gasteiger partial charge in [-0.2, -0.15) is 0 Å². The molecule has 0 unspecified atom stereocenters. The van der Waals surface area contributed by atoms with Crippen LogP contribution in [0.15, 0.2) is 91.0 Å². The van der Waals surface area contributed by atoms with Crippen molar-refractivity contribution in [1.29, 1.82) is 0 Å². The lowest BCUT2D eigenvalue weighted by molar-refractivity contribution is -0.131. The molecule has 0 heterocycles. The largest absolute Gasteiger partial charge is 0.508 e. The molecule has 1 amide bonds. The van der Waals surface area contributed by atoms with Crippen LogP contribution in [-0.2, 0) is 9.53 Å². The molecule has 7 heteroatoms. The molecule has 0 saturated heterocycles. The molecule has 0 bridgehead atoms. The Labute approximate surface area is 198 Å². The second-order valence-corrected chi connectivity index (χ2v) is 7.70. The molecule has 7 nitrogen and oxygen atoms in total. The monoisotopic (exact) mass is 461 g/mol. The first-order valence-electron chi connectivity index (χ1n) is 10.8. The summed E-state index contributed by atoms with van der Waals surface area (Å²) in [5.74, 6) is -0.373. The van der Waals surface area contributed by atoms with E-state index in [1.54, 1.807) is 36.4 Å². The van der Waals surface area contributed by atoms with Crippen molar-refractivity contribution in [3.05, 3.63) is 102 Å². The number of amides is 1.